The Morgan fingerprint density at radius 3 is 1.90 bits per heavy atom. The van der Waals surface area contributed by atoms with E-state index in [0.717, 1.165) is 10.5 Å². The zero-order valence-electron chi connectivity index (χ0n) is 52.5. The number of carbonyl (C=O) groups excluding carboxylic acids is 10. The van der Waals surface area contributed by atoms with Gasteiger partial charge in [-0.2, -0.15) is 0 Å². The summed E-state index contributed by atoms with van der Waals surface area (Å²) in [4.78, 5) is 132. The number of alkyl carbamates (subject to hydrolysis) is 1. The molecule has 24 nitrogen and oxygen atoms in total. The number of imide groups is 1. The summed E-state index contributed by atoms with van der Waals surface area (Å²) in [5, 5.41) is 19.4. The average Bonchev–Trinajstić information content (AvgIpc) is 1.41. The van der Waals surface area contributed by atoms with Crippen molar-refractivity contribution in [2.45, 2.75) is 161 Å². The van der Waals surface area contributed by atoms with Crippen LogP contribution in [0, 0.1) is 17.3 Å². The Morgan fingerprint density at radius 2 is 1.33 bits per heavy atom. The number of hydrogen-bond acceptors (Lipinski definition) is 14. The fourth-order valence-corrected chi connectivity index (χ4v) is 10.7. The first-order valence-corrected chi connectivity index (χ1v) is 30.9. The molecule has 0 saturated carbocycles. The molecule has 0 spiro atoms. The lowest BCUT2D eigenvalue weighted by molar-refractivity contribution is -0.141. The minimum Gasteiger partial charge on any atom is -0.445 e. The number of hydrogen-bond donors (Lipinski definition) is 9. The van der Waals surface area contributed by atoms with Crippen LogP contribution in [0.3, 0.4) is 0 Å². The number of carbonyl (C=O) groups is 10. The van der Waals surface area contributed by atoms with Gasteiger partial charge in [0.15, 0.2) is 0 Å². The van der Waals surface area contributed by atoms with Crippen LogP contribution in [0.1, 0.15) is 124 Å². The van der Waals surface area contributed by atoms with Crippen LogP contribution in [-0.4, -0.2) is 135 Å². The predicted molar refractivity (Wildman–Crippen MR) is 333 cm³/mol. The zero-order valence-corrected chi connectivity index (χ0v) is 53.4. The highest BCUT2D eigenvalue weighted by molar-refractivity contribution is 7.90. The molecule has 0 radical (unpaired) electrons. The summed E-state index contributed by atoms with van der Waals surface area (Å²) >= 11 is 0. The topological polar surface area (TPSA) is 343 Å². The number of amides is 11. The van der Waals surface area contributed by atoms with E-state index >= 15 is 0 Å². The van der Waals surface area contributed by atoms with E-state index in [1.807, 2.05) is 78.8 Å². The van der Waals surface area contributed by atoms with Gasteiger partial charge in [-0.25, -0.2) is 22.7 Å². The third-order valence-corrected chi connectivity index (χ3v) is 16.3. The maximum Gasteiger partial charge on any atom is 0.407 e. The van der Waals surface area contributed by atoms with Crippen LogP contribution < -0.4 is 47.7 Å². The number of primary amides is 1. The molecule has 1 heterocycles. The fraction of sp³-hybridized carbons (Fsp3) is 0.492. The molecule has 480 valence electrons. The normalized spacial score (nSPS) is 14.5. The SMILES string of the molecule is CNC(C(=O)NC(C(=O)N(C)C(/C=C(\C)C(=O)NS(=O)(=O)c1ccc(CNC(=O)OCc2ccc(NC(=O)C(CCCNC(N)=O)NC(=O)C(NC(=O)CCCCCN3C(=O)C=CC3=O)C(C)C)cc2)cc1)C(C)C)C(C)(C)C)C(C)(C)c1ccccc1. The molecule has 5 unspecified atom stereocenters. The lowest BCUT2D eigenvalue weighted by Gasteiger charge is -2.40. The first-order chi connectivity index (χ1) is 41.3. The van der Waals surface area contributed by atoms with E-state index in [9.17, 15) is 56.4 Å². The molecule has 5 atom stereocenters. The highest BCUT2D eigenvalue weighted by Gasteiger charge is 2.42. The van der Waals surface area contributed by atoms with Gasteiger partial charge in [-0.05, 0) is 97.9 Å². The molecule has 25 heteroatoms. The number of benzene rings is 3. The molecule has 10 N–H and O–H groups in total. The lowest BCUT2D eigenvalue weighted by atomic mass is 9.76. The van der Waals surface area contributed by atoms with E-state index in [1.54, 1.807) is 52.2 Å². The number of nitrogens with two attached hydrogens (primary N) is 1. The molecular formula is C63H89N11O13S. The summed E-state index contributed by atoms with van der Waals surface area (Å²) in [6.07, 6.45) is 5.13. The summed E-state index contributed by atoms with van der Waals surface area (Å²) in [5.41, 5.74) is 6.20. The van der Waals surface area contributed by atoms with Crippen LogP contribution in [-0.2, 0) is 71.7 Å². The van der Waals surface area contributed by atoms with Gasteiger partial charge in [0, 0.05) is 61.9 Å². The van der Waals surface area contributed by atoms with Gasteiger partial charge in [0.05, 0.1) is 17.0 Å². The molecule has 0 fully saturated rings. The van der Waals surface area contributed by atoms with Crippen LogP contribution >= 0.6 is 0 Å². The van der Waals surface area contributed by atoms with Gasteiger partial charge < -0.3 is 52.6 Å². The largest absolute Gasteiger partial charge is 0.445 e. The molecule has 0 aliphatic carbocycles. The standard InChI is InChI=1S/C63H89N11O13S/c1-39(2)48(73(12)59(82)54(62(6,7)8)71-58(81)53(65-11)63(9,10)44-20-15-13-16-21-44)36-41(5)55(78)72-88(85,86)46-30-26-42(27-31-46)37-67-61(84)87-38-43-24-28-45(29-25-43)68-56(79)47(22-19-34-66-60(64)83)69-57(80)52(40(3)4)70-49(75)23-17-14-18-35-74-50(76)32-33-51(74)77/h13,15-16,20-21,24-33,36,39-40,47-48,52-54,65H,14,17-19,22-23,34-35,37-38H2,1-12H3,(H,67,84)(H,68,79)(H,69,80)(H,70,75)(H,71,81)(H,72,78)(H3,64,66,83)/b41-36+. The monoisotopic (exact) mass is 1240 g/mol. The number of nitrogens with one attached hydrogen (secondary N) is 8. The molecule has 4 rings (SSSR count). The summed E-state index contributed by atoms with van der Waals surface area (Å²) in [6, 6.07) is 16.2. The Kier molecular flexibility index (Phi) is 27.1. The summed E-state index contributed by atoms with van der Waals surface area (Å²) in [7, 11) is -1.11. The number of likely N-dealkylation sites (N-methyl/N-ethyl adjacent to an activating group) is 2. The Bertz CT molecular complexity index is 3110. The van der Waals surface area contributed by atoms with Crippen molar-refractivity contribution in [3.8, 4) is 0 Å². The molecule has 1 aliphatic heterocycles. The molecule has 88 heavy (non-hydrogen) atoms. The minimum absolute atomic E-state index is 0.0342. The number of rotatable bonds is 32. The van der Waals surface area contributed by atoms with Crippen LogP contribution in [0.2, 0.25) is 0 Å². The van der Waals surface area contributed by atoms with Gasteiger partial charge in [0.1, 0.15) is 24.7 Å². The average molecular weight is 1240 g/mol. The second kappa shape index (κ2) is 33.1. The van der Waals surface area contributed by atoms with Crippen molar-refractivity contribution in [3.05, 3.63) is 119 Å². The smallest absolute Gasteiger partial charge is 0.407 e. The number of nitrogens with zero attached hydrogens (tertiary/aromatic N) is 2. The van der Waals surface area contributed by atoms with Crippen molar-refractivity contribution in [1.29, 1.82) is 0 Å². The molecule has 1 aliphatic rings. The molecule has 3 aromatic carbocycles. The third-order valence-electron chi connectivity index (χ3n) is 15.0. The van der Waals surface area contributed by atoms with E-state index in [2.05, 4.69) is 41.9 Å². The van der Waals surface area contributed by atoms with Gasteiger partial charge in [0.25, 0.3) is 27.7 Å². The lowest BCUT2D eigenvalue weighted by Crippen LogP contribution is -2.61. The highest BCUT2D eigenvalue weighted by Crippen LogP contribution is 2.29. The van der Waals surface area contributed by atoms with E-state index in [4.69, 9.17) is 10.5 Å². The number of anilines is 1. The number of unbranched alkanes of at least 4 members (excludes halogenated alkanes) is 2. The Morgan fingerprint density at radius 1 is 0.716 bits per heavy atom. The fourth-order valence-electron chi connectivity index (χ4n) is 9.71. The quantitative estimate of drug-likeness (QED) is 0.0227. The Hall–Kier alpha value is -8.45. The van der Waals surface area contributed by atoms with E-state index in [0.29, 0.717) is 36.1 Å². The first kappa shape index (κ1) is 72.0. The molecule has 0 saturated heterocycles. The van der Waals surface area contributed by atoms with Gasteiger partial charge >= 0.3 is 12.1 Å². The van der Waals surface area contributed by atoms with Crippen LogP contribution in [0.25, 0.3) is 0 Å². The molecule has 11 amide bonds. The van der Waals surface area contributed by atoms with Crippen molar-refractivity contribution in [1.82, 2.24) is 46.4 Å². The van der Waals surface area contributed by atoms with Gasteiger partial charge in [-0.15, -0.1) is 0 Å². The Balaban J connectivity index is 1.29. The second-order valence-electron chi connectivity index (χ2n) is 24.1. The van der Waals surface area contributed by atoms with Gasteiger partial charge in [0.2, 0.25) is 29.5 Å². The van der Waals surface area contributed by atoms with Crippen molar-refractivity contribution in [2.75, 3.05) is 32.5 Å². The minimum atomic E-state index is -4.39. The third kappa shape index (κ3) is 21.7. The van der Waals surface area contributed by atoms with Gasteiger partial charge in [-0.1, -0.05) is 129 Å². The second-order valence-corrected chi connectivity index (χ2v) is 25.8. The van der Waals surface area contributed by atoms with Crippen molar-refractivity contribution < 1.29 is 61.1 Å². The van der Waals surface area contributed by atoms with E-state index in [1.165, 1.54) is 54.3 Å². The Labute approximate surface area is 516 Å². The number of sulfonamides is 1. The number of urea groups is 1. The van der Waals surface area contributed by atoms with Crippen LogP contribution in [0.5, 0.6) is 0 Å². The van der Waals surface area contributed by atoms with E-state index < -0.39 is 86.8 Å². The zero-order chi connectivity index (χ0) is 65.7. The summed E-state index contributed by atoms with van der Waals surface area (Å²) < 4.78 is 34.4. The van der Waals surface area contributed by atoms with Crippen molar-refractivity contribution in [2.24, 2.45) is 23.0 Å². The molecule has 3 aromatic rings. The van der Waals surface area contributed by atoms with E-state index in [-0.39, 0.29) is 91.4 Å². The van der Waals surface area contributed by atoms with Crippen LogP contribution in [0.15, 0.2) is 108 Å². The maximum atomic E-state index is 14.4. The summed E-state index contributed by atoms with van der Waals surface area (Å²) in [5.74, 6) is -4.59. The van der Waals surface area contributed by atoms with Crippen molar-refractivity contribution in [3.63, 3.8) is 0 Å². The molecular weight excluding hydrogens is 1150 g/mol. The maximum absolute atomic E-state index is 14.4. The molecule has 0 aromatic heterocycles. The number of ether oxygens (including phenoxy) is 1. The van der Waals surface area contributed by atoms with Crippen LogP contribution in [0.4, 0.5) is 15.3 Å². The van der Waals surface area contributed by atoms with Crippen molar-refractivity contribution >= 4 is 75.1 Å². The predicted octanol–water partition coefficient (Wildman–Crippen LogP) is 4.94. The molecule has 0 bridgehead atoms. The summed E-state index contributed by atoms with van der Waals surface area (Å²) in [6.45, 7) is 18.2. The van der Waals surface area contributed by atoms with Gasteiger partial charge in [-0.3, -0.25) is 43.3 Å². The highest BCUT2D eigenvalue weighted by atomic mass is 32.2. The first-order valence-electron chi connectivity index (χ1n) is 29.4.